The van der Waals surface area contributed by atoms with Gasteiger partial charge in [-0.15, -0.1) is 11.6 Å². The minimum atomic E-state index is 0.441. The molecule has 0 spiro atoms. The normalized spacial score (nSPS) is 16.8. The lowest BCUT2D eigenvalue weighted by molar-refractivity contribution is 0.122. The van der Waals surface area contributed by atoms with Gasteiger partial charge in [-0.2, -0.15) is 0 Å². The fourth-order valence-electron chi connectivity index (χ4n) is 1.55. The average molecular weight is 247 g/mol. The van der Waals surface area contributed by atoms with E-state index in [1.165, 1.54) is 0 Å². The molecule has 0 aliphatic carbocycles. The van der Waals surface area contributed by atoms with Crippen molar-refractivity contribution in [2.75, 3.05) is 31.2 Å². The van der Waals surface area contributed by atoms with Crippen LogP contribution in [0.15, 0.2) is 12.3 Å². The Morgan fingerprint density at radius 1 is 1.40 bits per heavy atom. The van der Waals surface area contributed by atoms with Crippen molar-refractivity contribution >= 4 is 29.0 Å². The van der Waals surface area contributed by atoms with Crippen LogP contribution in [-0.2, 0) is 10.6 Å². The van der Waals surface area contributed by atoms with Gasteiger partial charge in [-0.25, -0.2) is 4.98 Å². The highest BCUT2D eigenvalue weighted by Crippen LogP contribution is 2.25. The number of hydrogen-bond acceptors (Lipinski definition) is 3. The maximum Gasteiger partial charge on any atom is 0.147 e. The van der Waals surface area contributed by atoms with Gasteiger partial charge in [0.25, 0.3) is 0 Å². The summed E-state index contributed by atoms with van der Waals surface area (Å²) in [5, 5.41) is 0.662. The molecule has 1 saturated heterocycles. The number of morpholine rings is 1. The summed E-state index contributed by atoms with van der Waals surface area (Å²) in [6, 6.07) is 1.87. The van der Waals surface area contributed by atoms with Crippen molar-refractivity contribution in [1.82, 2.24) is 4.98 Å². The van der Waals surface area contributed by atoms with Gasteiger partial charge in [-0.05, 0) is 11.6 Å². The van der Waals surface area contributed by atoms with E-state index in [2.05, 4.69) is 9.88 Å². The van der Waals surface area contributed by atoms with E-state index in [9.17, 15) is 0 Å². The summed E-state index contributed by atoms with van der Waals surface area (Å²) in [7, 11) is 0. The molecule has 0 saturated carbocycles. The van der Waals surface area contributed by atoms with Crippen LogP contribution in [0.2, 0.25) is 5.02 Å². The van der Waals surface area contributed by atoms with Crippen molar-refractivity contribution in [2.45, 2.75) is 5.88 Å². The summed E-state index contributed by atoms with van der Waals surface area (Å²) in [5.74, 6) is 1.27. The Labute approximate surface area is 98.9 Å². The molecule has 1 fully saturated rings. The average Bonchev–Trinajstić information content (AvgIpc) is 2.30. The third kappa shape index (κ3) is 2.54. The molecule has 0 aromatic carbocycles. The zero-order valence-electron chi connectivity index (χ0n) is 8.25. The van der Waals surface area contributed by atoms with E-state index < -0.39 is 0 Å². The molecule has 2 rings (SSSR count). The molecule has 1 aliphatic rings. The highest BCUT2D eigenvalue weighted by Gasteiger charge is 2.15. The fourth-order valence-corrected chi connectivity index (χ4v) is 2.01. The van der Waals surface area contributed by atoms with Crippen LogP contribution in [0, 0.1) is 0 Å². The van der Waals surface area contributed by atoms with Gasteiger partial charge in [0.2, 0.25) is 0 Å². The van der Waals surface area contributed by atoms with Crippen molar-refractivity contribution in [2.24, 2.45) is 0 Å². The monoisotopic (exact) mass is 246 g/mol. The van der Waals surface area contributed by atoms with Gasteiger partial charge in [-0.3, -0.25) is 0 Å². The van der Waals surface area contributed by atoms with Crippen LogP contribution in [-0.4, -0.2) is 31.3 Å². The molecule has 1 aliphatic heterocycles. The lowest BCUT2D eigenvalue weighted by Gasteiger charge is -2.28. The first-order valence-electron chi connectivity index (χ1n) is 4.84. The zero-order valence-corrected chi connectivity index (χ0v) is 9.76. The Balaban J connectivity index is 2.19. The third-order valence-electron chi connectivity index (χ3n) is 2.34. The first kappa shape index (κ1) is 11.0. The van der Waals surface area contributed by atoms with Crippen molar-refractivity contribution in [3.05, 3.63) is 22.8 Å². The van der Waals surface area contributed by atoms with Gasteiger partial charge < -0.3 is 9.64 Å². The number of alkyl halides is 1. The number of rotatable bonds is 2. The predicted octanol–water partition coefficient (Wildman–Crippen LogP) is 2.31. The fraction of sp³-hybridized carbons (Fsp3) is 0.500. The number of halogens is 2. The molecule has 5 heteroatoms. The van der Waals surface area contributed by atoms with Crippen LogP contribution in [0.1, 0.15) is 5.56 Å². The smallest absolute Gasteiger partial charge is 0.147 e. The maximum atomic E-state index is 6.14. The highest BCUT2D eigenvalue weighted by molar-refractivity contribution is 6.33. The Bertz CT molecular complexity index is 340. The summed E-state index contributed by atoms with van der Waals surface area (Å²) < 4.78 is 5.27. The maximum absolute atomic E-state index is 6.14. The number of anilines is 1. The van der Waals surface area contributed by atoms with Gasteiger partial charge in [-0.1, -0.05) is 11.6 Å². The lowest BCUT2D eigenvalue weighted by Crippen LogP contribution is -2.36. The van der Waals surface area contributed by atoms with Crippen LogP contribution in [0.4, 0.5) is 5.82 Å². The number of ether oxygens (including phenoxy) is 1. The minimum Gasteiger partial charge on any atom is -0.378 e. The molecule has 0 radical (unpaired) electrons. The van der Waals surface area contributed by atoms with E-state index in [-0.39, 0.29) is 0 Å². The molecule has 0 unspecified atom stereocenters. The van der Waals surface area contributed by atoms with Crippen molar-refractivity contribution in [3.63, 3.8) is 0 Å². The molecule has 1 aromatic heterocycles. The summed E-state index contributed by atoms with van der Waals surface area (Å²) in [6.07, 6.45) is 1.77. The van der Waals surface area contributed by atoms with Gasteiger partial charge in [0.15, 0.2) is 0 Å². The van der Waals surface area contributed by atoms with E-state index in [1.807, 2.05) is 6.07 Å². The van der Waals surface area contributed by atoms with Gasteiger partial charge in [0, 0.05) is 25.2 Å². The quantitative estimate of drug-likeness (QED) is 0.750. The van der Waals surface area contributed by atoms with Crippen LogP contribution >= 0.6 is 23.2 Å². The van der Waals surface area contributed by atoms with Gasteiger partial charge in [0.1, 0.15) is 5.82 Å². The van der Waals surface area contributed by atoms with E-state index in [1.54, 1.807) is 6.20 Å². The SMILES string of the molecule is ClCc1cnc(N2CCOCC2)c(Cl)c1. The lowest BCUT2D eigenvalue weighted by atomic mass is 10.3. The van der Waals surface area contributed by atoms with Crippen molar-refractivity contribution in [3.8, 4) is 0 Å². The molecule has 0 atom stereocenters. The molecule has 15 heavy (non-hydrogen) atoms. The number of hydrogen-bond donors (Lipinski definition) is 0. The predicted molar refractivity (Wildman–Crippen MR) is 61.8 cm³/mol. The Hall–Kier alpha value is -0.510. The van der Waals surface area contributed by atoms with E-state index in [4.69, 9.17) is 27.9 Å². The van der Waals surface area contributed by atoms with E-state index >= 15 is 0 Å². The first-order chi connectivity index (χ1) is 7.31. The second kappa shape index (κ2) is 5.01. The number of pyridine rings is 1. The summed E-state index contributed by atoms with van der Waals surface area (Å²) >= 11 is 11.8. The third-order valence-corrected chi connectivity index (χ3v) is 2.93. The molecular weight excluding hydrogens is 235 g/mol. The van der Waals surface area contributed by atoms with Crippen LogP contribution in [0.5, 0.6) is 0 Å². The first-order valence-corrected chi connectivity index (χ1v) is 5.75. The molecule has 0 bridgehead atoms. The largest absolute Gasteiger partial charge is 0.378 e. The minimum absolute atomic E-state index is 0.441. The number of aromatic nitrogens is 1. The van der Waals surface area contributed by atoms with Crippen LogP contribution < -0.4 is 4.90 Å². The summed E-state index contributed by atoms with van der Waals surface area (Å²) in [5.41, 5.74) is 0.943. The zero-order chi connectivity index (χ0) is 10.7. The molecule has 0 amide bonds. The summed E-state index contributed by atoms with van der Waals surface area (Å²) in [4.78, 5) is 6.46. The molecular formula is C10H12Cl2N2O. The molecule has 3 nitrogen and oxygen atoms in total. The molecule has 0 N–H and O–H groups in total. The number of nitrogens with zero attached hydrogens (tertiary/aromatic N) is 2. The van der Waals surface area contributed by atoms with Crippen LogP contribution in [0.25, 0.3) is 0 Å². The van der Waals surface area contributed by atoms with Crippen molar-refractivity contribution in [1.29, 1.82) is 0 Å². The molecule has 2 heterocycles. The topological polar surface area (TPSA) is 25.4 Å². The van der Waals surface area contributed by atoms with Crippen molar-refractivity contribution < 1.29 is 4.74 Å². The Morgan fingerprint density at radius 3 is 2.73 bits per heavy atom. The van der Waals surface area contributed by atoms with Crippen LogP contribution in [0.3, 0.4) is 0 Å². The second-order valence-electron chi connectivity index (χ2n) is 3.38. The second-order valence-corrected chi connectivity index (χ2v) is 4.06. The van der Waals surface area contributed by atoms with E-state index in [0.29, 0.717) is 10.9 Å². The van der Waals surface area contributed by atoms with Gasteiger partial charge in [0.05, 0.1) is 18.2 Å². The molecule has 82 valence electrons. The van der Waals surface area contributed by atoms with Gasteiger partial charge >= 0.3 is 0 Å². The molecule has 1 aromatic rings. The highest BCUT2D eigenvalue weighted by atomic mass is 35.5. The Kier molecular flexibility index (Phi) is 3.67. The standard InChI is InChI=1S/C10H12Cl2N2O/c11-6-8-5-9(12)10(13-7-8)14-1-3-15-4-2-14/h5,7H,1-4,6H2. The van der Waals surface area contributed by atoms with E-state index in [0.717, 1.165) is 37.7 Å². The summed E-state index contributed by atoms with van der Waals surface area (Å²) in [6.45, 7) is 3.14. The Morgan fingerprint density at radius 2 is 2.13 bits per heavy atom.